The van der Waals surface area contributed by atoms with Crippen molar-refractivity contribution in [2.75, 3.05) is 19.0 Å². The van der Waals surface area contributed by atoms with E-state index in [1.54, 1.807) is 24.2 Å². The molecule has 3 rings (SSSR count). The first-order chi connectivity index (χ1) is 10.7. The predicted octanol–water partition coefficient (Wildman–Crippen LogP) is 2.33. The molecule has 6 heteroatoms. The van der Waals surface area contributed by atoms with Crippen LogP contribution >= 0.6 is 0 Å². The average Bonchev–Trinajstić information content (AvgIpc) is 3.01. The van der Waals surface area contributed by atoms with E-state index < -0.39 is 0 Å². The monoisotopic (exact) mass is 299 g/mol. The fourth-order valence-corrected chi connectivity index (χ4v) is 2.28. The van der Waals surface area contributed by atoms with Crippen LogP contribution in [-0.2, 0) is 11.3 Å². The Hall–Kier alpha value is -2.76. The molecule has 0 saturated carbocycles. The molecule has 1 aromatic heterocycles. The van der Waals surface area contributed by atoms with Gasteiger partial charge < -0.3 is 14.8 Å². The molecular weight excluding hydrogens is 282 g/mol. The van der Waals surface area contributed by atoms with Crippen molar-refractivity contribution in [2.24, 2.45) is 0 Å². The van der Waals surface area contributed by atoms with Gasteiger partial charge in [0.05, 0.1) is 24.6 Å². The highest BCUT2D eigenvalue weighted by Crippen LogP contribution is 2.35. The lowest BCUT2D eigenvalue weighted by Gasteiger charge is -2.19. The molecule has 0 spiro atoms. The van der Waals surface area contributed by atoms with Crippen LogP contribution in [-0.4, -0.2) is 29.4 Å². The number of aromatic nitrogens is 2. The van der Waals surface area contributed by atoms with Gasteiger partial charge in [0.15, 0.2) is 11.5 Å². The van der Waals surface area contributed by atoms with Gasteiger partial charge >= 0.3 is 0 Å². The van der Waals surface area contributed by atoms with Crippen molar-refractivity contribution >= 4 is 17.7 Å². The first-order valence-electron chi connectivity index (χ1n) is 7.05. The van der Waals surface area contributed by atoms with Gasteiger partial charge in [-0.3, -0.25) is 9.48 Å². The van der Waals surface area contributed by atoms with Gasteiger partial charge in [-0.2, -0.15) is 5.10 Å². The zero-order chi connectivity index (χ0) is 15.5. The van der Waals surface area contributed by atoms with Crippen LogP contribution in [0.3, 0.4) is 0 Å². The minimum atomic E-state index is -0.191. The van der Waals surface area contributed by atoms with Crippen LogP contribution in [0.5, 0.6) is 11.5 Å². The van der Waals surface area contributed by atoms with Crippen molar-refractivity contribution in [3.8, 4) is 11.5 Å². The van der Waals surface area contributed by atoms with E-state index in [9.17, 15) is 4.79 Å². The predicted molar refractivity (Wildman–Crippen MR) is 83.0 cm³/mol. The Labute approximate surface area is 128 Å². The van der Waals surface area contributed by atoms with E-state index in [0.717, 1.165) is 12.1 Å². The van der Waals surface area contributed by atoms with Crippen molar-refractivity contribution in [1.82, 2.24) is 9.78 Å². The quantitative estimate of drug-likeness (QED) is 0.941. The van der Waals surface area contributed by atoms with E-state index in [0.29, 0.717) is 22.8 Å². The molecule has 1 aromatic carbocycles. The number of ether oxygens (including phenoxy) is 2. The molecule has 1 aliphatic rings. The molecule has 2 aromatic rings. The number of para-hydroxylation sites is 1. The highest BCUT2D eigenvalue weighted by Gasteiger charge is 2.20. The summed E-state index contributed by atoms with van der Waals surface area (Å²) in [6.07, 6.45) is 5.24. The Kier molecular flexibility index (Phi) is 3.82. The standard InChI is InChI=1S/C16H17N3O3/c1-3-19-9-13(8-17-19)18-16(20)12-7-11-5-4-6-14(21-2)15(11)22-10-12/h4-9H,3,10H2,1-2H3,(H,18,20). The summed E-state index contributed by atoms with van der Waals surface area (Å²) in [4.78, 5) is 12.3. The number of carbonyl (C=O) groups excluding carboxylic acids is 1. The van der Waals surface area contributed by atoms with Crippen LogP contribution in [0.1, 0.15) is 12.5 Å². The molecule has 0 aliphatic carbocycles. The summed E-state index contributed by atoms with van der Waals surface area (Å²) >= 11 is 0. The lowest BCUT2D eigenvalue weighted by Crippen LogP contribution is -2.21. The molecule has 0 fully saturated rings. The number of carbonyl (C=O) groups is 1. The van der Waals surface area contributed by atoms with Crippen molar-refractivity contribution in [3.63, 3.8) is 0 Å². The van der Waals surface area contributed by atoms with Gasteiger partial charge in [-0.1, -0.05) is 12.1 Å². The third-order valence-corrected chi connectivity index (χ3v) is 3.44. The van der Waals surface area contributed by atoms with Crippen LogP contribution in [0.4, 0.5) is 5.69 Å². The molecule has 0 atom stereocenters. The molecule has 114 valence electrons. The summed E-state index contributed by atoms with van der Waals surface area (Å²) in [5, 5.41) is 6.95. The number of methoxy groups -OCH3 is 1. The van der Waals surface area contributed by atoms with E-state index >= 15 is 0 Å². The number of aryl methyl sites for hydroxylation is 1. The smallest absolute Gasteiger partial charge is 0.255 e. The summed E-state index contributed by atoms with van der Waals surface area (Å²) in [7, 11) is 1.59. The summed E-state index contributed by atoms with van der Waals surface area (Å²) < 4.78 is 12.7. The summed E-state index contributed by atoms with van der Waals surface area (Å²) in [5.41, 5.74) is 2.06. The maximum atomic E-state index is 12.3. The van der Waals surface area contributed by atoms with E-state index in [1.807, 2.05) is 31.2 Å². The zero-order valence-corrected chi connectivity index (χ0v) is 12.5. The van der Waals surface area contributed by atoms with Gasteiger partial charge in [-0.15, -0.1) is 0 Å². The third-order valence-electron chi connectivity index (χ3n) is 3.44. The second-order valence-electron chi connectivity index (χ2n) is 4.88. The Morgan fingerprint density at radius 3 is 3.09 bits per heavy atom. The van der Waals surface area contributed by atoms with Crippen LogP contribution in [0, 0.1) is 0 Å². The third kappa shape index (κ3) is 2.67. The van der Waals surface area contributed by atoms with E-state index in [4.69, 9.17) is 9.47 Å². The van der Waals surface area contributed by atoms with Gasteiger partial charge in [0.1, 0.15) is 6.61 Å². The second-order valence-corrected chi connectivity index (χ2v) is 4.88. The minimum absolute atomic E-state index is 0.191. The molecule has 0 unspecified atom stereocenters. The van der Waals surface area contributed by atoms with Crippen molar-refractivity contribution < 1.29 is 14.3 Å². The number of hydrogen-bond acceptors (Lipinski definition) is 4. The number of benzene rings is 1. The highest BCUT2D eigenvalue weighted by atomic mass is 16.5. The van der Waals surface area contributed by atoms with Crippen molar-refractivity contribution in [1.29, 1.82) is 0 Å². The lowest BCUT2D eigenvalue weighted by atomic mass is 10.1. The van der Waals surface area contributed by atoms with Gasteiger partial charge in [0.25, 0.3) is 5.91 Å². The number of anilines is 1. The molecule has 2 heterocycles. The number of amides is 1. The van der Waals surface area contributed by atoms with Gasteiger partial charge in [0.2, 0.25) is 0 Å². The van der Waals surface area contributed by atoms with Crippen LogP contribution in [0.15, 0.2) is 36.2 Å². The average molecular weight is 299 g/mol. The first kappa shape index (κ1) is 14.2. The molecular formula is C16H17N3O3. The summed E-state index contributed by atoms with van der Waals surface area (Å²) in [5.74, 6) is 1.14. The van der Waals surface area contributed by atoms with Gasteiger partial charge in [0, 0.05) is 18.3 Å². The van der Waals surface area contributed by atoms with Crippen LogP contribution in [0.25, 0.3) is 6.08 Å². The number of nitrogens with one attached hydrogen (secondary N) is 1. The Morgan fingerprint density at radius 2 is 2.36 bits per heavy atom. The Balaban J connectivity index is 1.80. The van der Waals surface area contributed by atoms with Crippen molar-refractivity contribution in [3.05, 3.63) is 41.7 Å². The maximum absolute atomic E-state index is 12.3. The topological polar surface area (TPSA) is 65.4 Å². The minimum Gasteiger partial charge on any atom is -0.493 e. The zero-order valence-electron chi connectivity index (χ0n) is 12.5. The summed E-state index contributed by atoms with van der Waals surface area (Å²) in [6.45, 7) is 2.95. The van der Waals surface area contributed by atoms with Crippen LogP contribution < -0.4 is 14.8 Å². The van der Waals surface area contributed by atoms with Gasteiger partial charge in [-0.25, -0.2) is 0 Å². The highest BCUT2D eigenvalue weighted by molar-refractivity contribution is 6.07. The Morgan fingerprint density at radius 1 is 1.50 bits per heavy atom. The molecule has 0 bridgehead atoms. The molecule has 1 N–H and O–H groups in total. The number of hydrogen-bond donors (Lipinski definition) is 1. The molecule has 0 saturated heterocycles. The largest absolute Gasteiger partial charge is 0.493 e. The second kappa shape index (κ2) is 5.93. The van der Waals surface area contributed by atoms with E-state index in [2.05, 4.69) is 10.4 Å². The number of rotatable bonds is 4. The molecule has 22 heavy (non-hydrogen) atoms. The summed E-state index contributed by atoms with van der Waals surface area (Å²) in [6, 6.07) is 5.58. The molecule has 6 nitrogen and oxygen atoms in total. The first-order valence-corrected chi connectivity index (χ1v) is 7.05. The molecule has 0 radical (unpaired) electrons. The normalized spacial score (nSPS) is 12.9. The SMILES string of the molecule is CCn1cc(NC(=O)C2=Cc3cccc(OC)c3OC2)cn1. The lowest BCUT2D eigenvalue weighted by molar-refractivity contribution is -0.113. The van der Waals surface area contributed by atoms with E-state index in [-0.39, 0.29) is 12.5 Å². The number of nitrogens with zero attached hydrogens (tertiary/aromatic N) is 2. The fraction of sp³-hybridized carbons (Fsp3) is 0.250. The van der Waals surface area contributed by atoms with Gasteiger partial charge in [-0.05, 0) is 19.1 Å². The Bertz CT molecular complexity index is 734. The fourth-order valence-electron chi connectivity index (χ4n) is 2.28. The van der Waals surface area contributed by atoms with Crippen LogP contribution in [0.2, 0.25) is 0 Å². The van der Waals surface area contributed by atoms with E-state index in [1.165, 1.54) is 0 Å². The van der Waals surface area contributed by atoms with Crippen molar-refractivity contribution in [2.45, 2.75) is 13.5 Å². The number of fused-ring (bicyclic) bond motifs is 1. The molecule has 1 amide bonds. The maximum Gasteiger partial charge on any atom is 0.255 e. The molecule has 1 aliphatic heterocycles.